The molecule has 25 heavy (non-hydrogen) atoms. The first kappa shape index (κ1) is 18.0. The number of hydrogen-bond acceptors (Lipinski definition) is 6. The number of carbonyl (C=O) groups excluding carboxylic acids is 3. The summed E-state index contributed by atoms with van der Waals surface area (Å²) in [5.41, 5.74) is 1.36. The summed E-state index contributed by atoms with van der Waals surface area (Å²) < 4.78 is 11.4. The SMILES string of the molecule is COc1ccc(NC(=O)NC(=O)COC(=O)c2cnn(C)c2C)cc1. The van der Waals surface area contributed by atoms with Crippen molar-refractivity contribution in [1.82, 2.24) is 15.1 Å². The number of hydrogen-bond donors (Lipinski definition) is 2. The smallest absolute Gasteiger partial charge is 0.342 e. The van der Waals surface area contributed by atoms with Crippen LogP contribution in [0.4, 0.5) is 10.5 Å². The largest absolute Gasteiger partial charge is 0.497 e. The Kier molecular flexibility index (Phi) is 5.72. The molecule has 0 saturated heterocycles. The molecule has 2 N–H and O–H groups in total. The van der Waals surface area contributed by atoms with Crippen molar-refractivity contribution in [2.45, 2.75) is 6.92 Å². The molecule has 0 aliphatic heterocycles. The average Bonchev–Trinajstić information content (AvgIpc) is 2.92. The molecule has 132 valence electrons. The summed E-state index contributed by atoms with van der Waals surface area (Å²) in [6.07, 6.45) is 1.35. The highest BCUT2D eigenvalue weighted by Crippen LogP contribution is 2.14. The van der Waals surface area contributed by atoms with Crippen LogP contribution in [0, 0.1) is 6.92 Å². The fourth-order valence-electron chi connectivity index (χ4n) is 1.91. The third-order valence-corrected chi connectivity index (χ3v) is 3.39. The van der Waals surface area contributed by atoms with Crippen molar-refractivity contribution in [1.29, 1.82) is 0 Å². The Morgan fingerprint density at radius 2 is 1.88 bits per heavy atom. The minimum atomic E-state index is -0.749. The Hall–Kier alpha value is -3.36. The lowest BCUT2D eigenvalue weighted by Crippen LogP contribution is -2.37. The second kappa shape index (κ2) is 7.95. The molecular formula is C16H18N4O5. The van der Waals surface area contributed by atoms with E-state index in [-0.39, 0.29) is 5.56 Å². The van der Waals surface area contributed by atoms with E-state index in [1.165, 1.54) is 18.0 Å². The number of carbonyl (C=O) groups is 3. The van der Waals surface area contributed by atoms with Gasteiger partial charge in [-0.2, -0.15) is 5.10 Å². The Morgan fingerprint density at radius 1 is 1.20 bits per heavy atom. The van der Waals surface area contributed by atoms with E-state index in [0.717, 1.165) is 0 Å². The molecule has 2 aromatic rings. The van der Waals surface area contributed by atoms with Crippen LogP contribution in [0.15, 0.2) is 30.5 Å². The van der Waals surface area contributed by atoms with E-state index in [9.17, 15) is 14.4 Å². The van der Waals surface area contributed by atoms with Crippen molar-refractivity contribution in [3.8, 4) is 5.75 Å². The fraction of sp³-hybridized carbons (Fsp3) is 0.250. The van der Waals surface area contributed by atoms with Gasteiger partial charge in [0.15, 0.2) is 6.61 Å². The molecule has 9 heteroatoms. The topological polar surface area (TPSA) is 112 Å². The van der Waals surface area contributed by atoms with Crippen LogP contribution in [-0.4, -0.2) is 41.4 Å². The van der Waals surface area contributed by atoms with Gasteiger partial charge in [0.05, 0.1) is 13.3 Å². The lowest BCUT2D eigenvalue weighted by molar-refractivity contribution is -0.123. The van der Waals surface area contributed by atoms with Crippen molar-refractivity contribution < 1.29 is 23.9 Å². The molecule has 1 aromatic carbocycles. The number of aromatic nitrogens is 2. The Morgan fingerprint density at radius 3 is 2.44 bits per heavy atom. The molecule has 1 heterocycles. The zero-order chi connectivity index (χ0) is 18.4. The molecule has 0 spiro atoms. The Labute approximate surface area is 143 Å². The standard InChI is InChI=1S/C16H18N4O5/c1-10-13(8-17-20(10)2)15(22)25-9-14(21)19-16(23)18-11-4-6-12(24-3)7-5-11/h4-8H,9H2,1-3H3,(H2,18,19,21,23). The zero-order valence-corrected chi connectivity index (χ0v) is 14.0. The number of nitrogens with zero attached hydrogens (tertiary/aromatic N) is 2. The molecule has 0 radical (unpaired) electrons. The number of imide groups is 1. The van der Waals surface area contributed by atoms with E-state index in [4.69, 9.17) is 9.47 Å². The first-order valence-electron chi connectivity index (χ1n) is 7.31. The third kappa shape index (κ3) is 4.80. The van der Waals surface area contributed by atoms with Crippen molar-refractivity contribution in [3.05, 3.63) is 41.7 Å². The number of anilines is 1. The van der Waals surface area contributed by atoms with Crippen molar-refractivity contribution in [2.75, 3.05) is 19.0 Å². The number of amides is 3. The molecule has 3 amide bonds. The van der Waals surface area contributed by atoms with Crippen LogP contribution >= 0.6 is 0 Å². The van der Waals surface area contributed by atoms with Gasteiger partial charge < -0.3 is 14.8 Å². The van der Waals surface area contributed by atoms with Gasteiger partial charge in [-0.25, -0.2) is 9.59 Å². The molecule has 0 unspecified atom stereocenters. The van der Waals surface area contributed by atoms with Gasteiger partial charge in [0.2, 0.25) is 0 Å². The summed E-state index contributed by atoms with van der Waals surface area (Å²) >= 11 is 0. The van der Waals surface area contributed by atoms with Crippen molar-refractivity contribution in [3.63, 3.8) is 0 Å². The van der Waals surface area contributed by atoms with Crippen molar-refractivity contribution in [2.24, 2.45) is 7.05 Å². The average molecular weight is 346 g/mol. The maximum Gasteiger partial charge on any atom is 0.342 e. The van der Waals surface area contributed by atoms with Gasteiger partial charge in [-0.3, -0.25) is 14.8 Å². The minimum absolute atomic E-state index is 0.262. The lowest BCUT2D eigenvalue weighted by atomic mass is 10.3. The number of methoxy groups -OCH3 is 1. The highest BCUT2D eigenvalue weighted by atomic mass is 16.5. The summed E-state index contributed by atoms with van der Waals surface area (Å²) in [4.78, 5) is 35.3. The number of urea groups is 1. The number of esters is 1. The number of rotatable bonds is 5. The van der Waals surface area contributed by atoms with E-state index in [2.05, 4.69) is 15.7 Å². The normalized spacial score (nSPS) is 10.0. The highest BCUT2D eigenvalue weighted by Gasteiger charge is 2.16. The van der Waals surface area contributed by atoms with E-state index in [1.54, 1.807) is 38.2 Å². The molecule has 1 aromatic heterocycles. The molecule has 0 saturated carbocycles. The molecular weight excluding hydrogens is 328 g/mol. The van der Waals surface area contributed by atoms with Gasteiger partial charge in [-0.15, -0.1) is 0 Å². The summed E-state index contributed by atoms with van der Waals surface area (Å²) in [6, 6.07) is 5.83. The van der Waals surface area contributed by atoms with E-state index in [1.807, 2.05) is 0 Å². The first-order valence-corrected chi connectivity index (χ1v) is 7.31. The number of nitrogens with one attached hydrogen (secondary N) is 2. The van der Waals surface area contributed by atoms with E-state index < -0.39 is 24.5 Å². The first-order chi connectivity index (χ1) is 11.9. The predicted molar refractivity (Wildman–Crippen MR) is 88.4 cm³/mol. The third-order valence-electron chi connectivity index (χ3n) is 3.39. The van der Waals surface area contributed by atoms with Crippen LogP contribution in [0.25, 0.3) is 0 Å². The maximum absolute atomic E-state index is 11.9. The van der Waals surface area contributed by atoms with E-state index in [0.29, 0.717) is 17.1 Å². The van der Waals surface area contributed by atoms with Gasteiger partial charge in [-0.05, 0) is 31.2 Å². The lowest BCUT2D eigenvalue weighted by Gasteiger charge is -2.08. The summed E-state index contributed by atoms with van der Waals surface area (Å²) in [6.45, 7) is 1.12. The molecule has 9 nitrogen and oxygen atoms in total. The van der Waals surface area contributed by atoms with Crippen LogP contribution in [0.1, 0.15) is 16.1 Å². The minimum Gasteiger partial charge on any atom is -0.497 e. The predicted octanol–water partition coefficient (Wildman–Crippen LogP) is 1.24. The van der Waals surface area contributed by atoms with Gasteiger partial charge in [0, 0.05) is 18.4 Å². The summed E-state index contributed by atoms with van der Waals surface area (Å²) in [7, 11) is 3.21. The fourth-order valence-corrected chi connectivity index (χ4v) is 1.91. The van der Waals surface area contributed by atoms with Gasteiger partial charge >= 0.3 is 12.0 Å². The van der Waals surface area contributed by atoms with Crippen LogP contribution in [0.2, 0.25) is 0 Å². The van der Waals surface area contributed by atoms with Crippen molar-refractivity contribution >= 4 is 23.6 Å². The van der Waals surface area contributed by atoms with E-state index >= 15 is 0 Å². The number of ether oxygens (including phenoxy) is 2. The van der Waals surface area contributed by atoms with Gasteiger partial charge in [0.1, 0.15) is 11.3 Å². The molecule has 0 fully saturated rings. The number of benzene rings is 1. The summed E-state index contributed by atoms with van der Waals surface area (Å²) in [5.74, 6) is -0.795. The van der Waals surface area contributed by atoms with Crippen LogP contribution in [0.5, 0.6) is 5.75 Å². The second-order valence-electron chi connectivity index (χ2n) is 5.07. The molecule has 0 aliphatic carbocycles. The van der Waals surface area contributed by atoms with Gasteiger partial charge in [0.25, 0.3) is 5.91 Å². The Bertz CT molecular complexity index is 782. The quantitative estimate of drug-likeness (QED) is 0.788. The molecule has 0 aliphatic rings. The summed E-state index contributed by atoms with van der Waals surface area (Å²) in [5, 5.41) is 8.46. The molecule has 0 bridgehead atoms. The Balaban J connectivity index is 1.80. The maximum atomic E-state index is 11.9. The second-order valence-corrected chi connectivity index (χ2v) is 5.07. The zero-order valence-electron chi connectivity index (χ0n) is 14.0. The highest BCUT2D eigenvalue weighted by molar-refractivity contribution is 6.02. The monoisotopic (exact) mass is 346 g/mol. The number of aryl methyl sites for hydroxylation is 1. The van der Waals surface area contributed by atoms with Crippen LogP contribution < -0.4 is 15.4 Å². The molecule has 0 atom stereocenters. The van der Waals surface area contributed by atoms with Gasteiger partial charge in [-0.1, -0.05) is 0 Å². The molecule has 2 rings (SSSR count). The van der Waals surface area contributed by atoms with Crippen LogP contribution in [0.3, 0.4) is 0 Å². The van der Waals surface area contributed by atoms with Crippen LogP contribution in [-0.2, 0) is 16.6 Å².